The average Bonchev–Trinajstić information content (AvgIpc) is 2.72. The molecule has 2 aliphatic heterocycles. The largest absolute Gasteiger partial charge is 0.314 e. The summed E-state index contributed by atoms with van der Waals surface area (Å²) in [5.74, 6) is 0.252. The third-order valence-electron chi connectivity index (χ3n) is 3.71. The van der Waals surface area contributed by atoms with Crippen LogP contribution >= 0.6 is 12.4 Å². The maximum Gasteiger partial charge on any atom is 0.244 e. The van der Waals surface area contributed by atoms with Crippen LogP contribution in [0.3, 0.4) is 0 Å². The predicted octanol–water partition coefficient (Wildman–Crippen LogP) is 2.05. The summed E-state index contributed by atoms with van der Waals surface area (Å²) in [5, 5.41) is 0. The Hall–Kier alpha value is -1.06. The zero-order chi connectivity index (χ0) is 11.1. The van der Waals surface area contributed by atoms with Crippen molar-refractivity contribution in [3.63, 3.8) is 0 Å². The number of fused-ring (bicyclic) bond motifs is 2. The highest BCUT2D eigenvalue weighted by Crippen LogP contribution is 2.31. The second kappa shape index (κ2) is 4.67. The van der Waals surface area contributed by atoms with Gasteiger partial charge in [-0.2, -0.15) is 0 Å². The SMILES string of the molecule is CN1C(=O)C2CCCN2Cc2ccccc21.Cl. The highest BCUT2D eigenvalue weighted by atomic mass is 35.5. The Morgan fingerprint density at radius 1 is 1.29 bits per heavy atom. The number of hydrogen-bond acceptors (Lipinski definition) is 2. The number of carbonyl (C=O) groups excluding carboxylic acids is 1. The molecule has 0 N–H and O–H groups in total. The summed E-state index contributed by atoms with van der Waals surface area (Å²) in [6.07, 6.45) is 2.16. The van der Waals surface area contributed by atoms with Crippen molar-refractivity contribution in [3.05, 3.63) is 29.8 Å². The second-order valence-corrected chi connectivity index (χ2v) is 4.65. The van der Waals surface area contributed by atoms with E-state index in [-0.39, 0.29) is 24.4 Å². The molecule has 0 spiro atoms. The number of amides is 1. The molecule has 92 valence electrons. The summed E-state index contributed by atoms with van der Waals surface area (Å²) < 4.78 is 0. The molecule has 2 aliphatic rings. The Bertz CT molecular complexity index is 435. The third kappa shape index (κ3) is 1.94. The number of carbonyl (C=O) groups is 1. The first-order valence-corrected chi connectivity index (χ1v) is 5.87. The van der Waals surface area contributed by atoms with E-state index in [1.54, 1.807) is 0 Å². The van der Waals surface area contributed by atoms with E-state index in [0.29, 0.717) is 0 Å². The van der Waals surface area contributed by atoms with Crippen LogP contribution in [0.2, 0.25) is 0 Å². The number of benzene rings is 1. The first-order chi connectivity index (χ1) is 7.77. The summed E-state index contributed by atoms with van der Waals surface area (Å²) in [4.78, 5) is 16.4. The smallest absolute Gasteiger partial charge is 0.244 e. The molecule has 1 saturated heterocycles. The van der Waals surface area contributed by atoms with Crippen molar-refractivity contribution in [3.8, 4) is 0 Å². The predicted molar refractivity (Wildman–Crippen MR) is 70.5 cm³/mol. The lowest BCUT2D eigenvalue weighted by atomic mass is 10.1. The molecular formula is C13H17ClN2O. The summed E-state index contributed by atoms with van der Waals surface area (Å²) in [7, 11) is 1.89. The maximum atomic E-state index is 12.3. The van der Waals surface area contributed by atoms with Crippen molar-refractivity contribution >= 4 is 24.0 Å². The molecule has 1 fully saturated rings. The fraction of sp³-hybridized carbons (Fsp3) is 0.462. The van der Waals surface area contributed by atoms with Gasteiger partial charge in [0, 0.05) is 19.3 Å². The van der Waals surface area contributed by atoms with Crippen LogP contribution in [0.4, 0.5) is 5.69 Å². The van der Waals surface area contributed by atoms with E-state index in [1.807, 2.05) is 30.1 Å². The lowest BCUT2D eigenvalue weighted by Crippen LogP contribution is -2.41. The highest BCUT2D eigenvalue weighted by Gasteiger charge is 2.36. The minimum absolute atomic E-state index is 0. The standard InChI is InChI=1S/C13H16N2O.ClH/c1-14-11-6-3-2-5-10(11)9-15-8-4-7-12(15)13(14)16;/h2-3,5-6,12H,4,7-9H2,1H3;1H. The highest BCUT2D eigenvalue weighted by molar-refractivity contribution is 5.98. The van der Waals surface area contributed by atoms with E-state index in [0.717, 1.165) is 31.6 Å². The van der Waals surface area contributed by atoms with Crippen LogP contribution in [-0.4, -0.2) is 30.4 Å². The lowest BCUT2D eigenvalue weighted by Gasteiger charge is -2.22. The van der Waals surface area contributed by atoms with Gasteiger partial charge in [-0.05, 0) is 31.0 Å². The molecule has 1 atom stereocenters. The van der Waals surface area contributed by atoms with Gasteiger partial charge in [0.15, 0.2) is 0 Å². The van der Waals surface area contributed by atoms with E-state index in [2.05, 4.69) is 11.0 Å². The van der Waals surface area contributed by atoms with Gasteiger partial charge in [-0.25, -0.2) is 0 Å². The van der Waals surface area contributed by atoms with Crippen LogP contribution in [0.25, 0.3) is 0 Å². The van der Waals surface area contributed by atoms with E-state index < -0.39 is 0 Å². The van der Waals surface area contributed by atoms with Gasteiger partial charge in [0.05, 0.1) is 6.04 Å². The monoisotopic (exact) mass is 252 g/mol. The zero-order valence-electron chi connectivity index (χ0n) is 9.93. The van der Waals surface area contributed by atoms with Crippen molar-refractivity contribution < 1.29 is 4.79 Å². The molecule has 1 aromatic rings. The van der Waals surface area contributed by atoms with Gasteiger partial charge >= 0.3 is 0 Å². The van der Waals surface area contributed by atoms with Gasteiger partial charge in [-0.15, -0.1) is 12.4 Å². The van der Waals surface area contributed by atoms with Crippen LogP contribution < -0.4 is 4.90 Å². The molecule has 0 aliphatic carbocycles. The molecule has 1 aromatic carbocycles. The van der Waals surface area contributed by atoms with Gasteiger partial charge in [0.2, 0.25) is 5.91 Å². The van der Waals surface area contributed by atoms with E-state index >= 15 is 0 Å². The zero-order valence-corrected chi connectivity index (χ0v) is 10.7. The second-order valence-electron chi connectivity index (χ2n) is 4.65. The van der Waals surface area contributed by atoms with Crippen molar-refractivity contribution in [1.29, 1.82) is 0 Å². The number of halogens is 1. The van der Waals surface area contributed by atoms with Gasteiger partial charge in [0.25, 0.3) is 0 Å². The normalized spacial score (nSPS) is 23.7. The quantitative estimate of drug-likeness (QED) is 0.706. The molecule has 1 unspecified atom stereocenters. The summed E-state index contributed by atoms with van der Waals surface area (Å²) in [6, 6.07) is 8.32. The van der Waals surface area contributed by atoms with E-state index in [4.69, 9.17) is 0 Å². The number of para-hydroxylation sites is 1. The number of anilines is 1. The van der Waals surface area contributed by atoms with E-state index in [9.17, 15) is 4.79 Å². The fourth-order valence-corrected chi connectivity index (χ4v) is 2.83. The molecule has 3 nitrogen and oxygen atoms in total. The fourth-order valence-electron chi connectivity index (χ4n) is 2.83. The molecular weight excluding hydrogens is 236 g/mol. The van der Waals surface area contributed by atoms with E-state index in [1.165, 1.54) is 5.56 Å². The van der Waals surface area contributed by atoms with Crippen molar-refractivity contribution in [2.75, 3.05) is 18.5 Å². The summed E-state index contributed by atoms with van der Waals surface area (Å²) >= 11 is 0. The molecule has 3 rings (SSSR count). The van der Waals surface area contributed by atoms with Crippen LogP contribution in [0.15, 0.2) is 24.3 Å². The molecule has 0 radical (unpaired) electrons. The Kier molecular flexibility index (Phi) is 3.40. The number of rotatable bonds is 0. The lowest BCUT2D eigenvalue weighted by molar-refractivity contribution is -0.122. The van der Waals surface area contributed by atoms with Crippen LogP contribution in [0.5, 0.6) is 0 Å². The van der Waals surface area contributed by atoms with Crippen molar-refractivity contribution in [1.82, 2.24) is 4.90 Å². The summed E-state index contributed by atoms with van der Waals surface area (Å²) in [5.41, 5.74) is 2.34. The third-order valence-corrected chi connectivity index (χ3v) is 3.71. The van der Waals surface area contributed by atoms with Crippen molar-refractivity contribution in [2.45, 2.75) is 25.4 Å². The minimum Gasteiger partial charge on any atom is -0.314 e. The minimum atomic E-state index is 0. The van der Waals surface area contributed by atoms with Crippen molar-refractivity contribution in [2.24, 2.45) is 0 Å². The Morgan fingerprint density at radius 3 is 2.88 bits per heavy atom. The first kappa shape index (κ1) is 12.4. The molecule has 2 heterocycles. The molecule has 0 aromatic heterocycles. The Labute approximate surface area is 108 Å². The van der Waals surface area contributed by atoms with Crippen LogP contribution in [0.1, 0.15) is 18.4 Å². The molecule has 4 heteroatoms. The molecule has 1 amide bonds. The van der Waals surface area contributed by atoms with Gasteiger partial charge in [0.1, 0.15) is 0 Å². The molecule has 17 heavy (non-hydrogen) atoms. The van der Waals surface area contributed by atoms with Gasteiger partial charge in [-0.1, -0.05) is 18.2 Å². The number of nitrogens with zero attached hydrogens (tertiary/aromatic N) is 2. The molecule has 0 saturated carbocycles. The Morgan fingerprint density at radius 2 is 2.06 bits per heavy atom. The van der Waals surface area contributed by atoms with Gasteiger partial charge in [-0.3, -0.25) is 9.69 Å². The average molecular weight is 253 g/mol. The van der Waals surface area contributed by atoms with Gasteiger partial charge < -0.3 is 4.90 Å². The van der Waals surface area contributed by atoms with Crippen LogP contribution in [-0.2, 0) is 11.3 Å². The number of hydrogen-bond donors (Lipinski definition) is 0. The maximum absolute atomic E-state index is 12.3. The first-order valence-electron chi connectivity index (χ1n) is 5.87. The van der Waals surface area contributed by atoms with Crippen LogP contribution in [0, 0.1) is 0 Å². The summed E-state index contributed by atoms with van der Waals surface area (Å²) in [6.45, 7) is 1.97. The molecule has 0 bridgehead atoms. The topological polar surface area (TPSA) is 23.6 Å². The number of likely N-dealkylation sites (N-methyl/N-ethyl adjacent to an activating group) is 1. The Balaban J connectivity index is 0.00000108.